The van der Waals surface area contributed by atoms with E-state index in [4.69, 9.17) is 5.73 Å². The van der Waals surface area contributed by atoms with Crippen LogP contribution in [0.4, 0.5) is 0 Å². The van der Waals surface area contributed by atoms with Crippen molar-refractivity contribution in [3.63, 3.8) is 0 Å². The van der Waals surface area contributed by atoms with Crippen molar-refractivity contribution in [1.29, 1.82) is 0 Å². The molecule has 0 aliphatic carbocycles. The van der Waals surface area contributed by atoms with E-state index in [-0.39, 0.29) is 0 Å². The zero-order valence-corrected chi connectivity index (χ0v) is 11.1. The summed E-state index contributed by atoms with van der Waals surface area (Å²) in [5.41, 5.74) is 8.82. The SMILES string of the molecule is Cc1ccc(Cc2nnc3ccc(C(N)=O)cn23)cc1. The van der Waals surface area contributed by atoms with Crippen LogP contribution in [-0.4, -0.2) is 20.5 Å². The van der Waals surface area contributed by atoms with Gasteiger partial charge in [0.1, 0.15) is 5.82 Å². The zero-order valence-electron chi connectivity index (χ0n) is 11.1. The van der Waals surface area contributed by atoms with Crippen LogP contribution < -0.4 is 5.73 Å². The lowest BCUT2D eigenvalue weighted by Crippen LogP contribution is -2.12. The summed E-state index contributed by atoms with van der Waals surface area (Å²) in [4.78, 5) is 11.2. The molecule has 1 aromatic carbocycles. The van der Waals surface area contributed by atoms with Gasteiger partial charge in [-0.2, -0.15) is 0 Å². The molecule has 0 bridgehead atoms. The molecule has 0 saturated heterocycles. The first kappa shape index (κ1) is 12.3. The molecule has 2 aromatic heterocycles. The molecule has 2 heterocycles. The van der Waals surface area contributed by atoms with E-state index in [9.17, 15) is 4.79 Å². The molecule has 3 aromatic rings. The largest absolute Gasteiger partial charge is 0.366 e. The number of hydrogen-bond donors (Lipinski definition) is 1. The number of fused-ring (bicyclic) bond motifs is 1. The maximum atomic E-state index is 11.2. The van der Waals surface area contributed by atoms with Gasteiger partial charge in [-0.1, -0.05) is 29.8 Å². The number of hydrogen-bond acceptors (Lipinski definition) is 3. The first-order valence-corrected chi connectivity index (χ1v) is 6.32. The molecule has 100 valence electrons. The highest BCUT2D eigenvalue weighted by molar-refractivity contribution is 5.92. The molecular formula is C15H14N4O. The van der Waals surface area contributed by atoms with Gasteiger partial charge in [0.05, 0.1) is 5.56 Å². The molecule has 1 amide bonds. The van der Waals surface area contributed by atoms with Crippen LogP contribution in [0.5, 0.6) is 0 Å². The lowest BCUT2D eigenvalue weighted by atomic mass is 10.1. The number of aryl methyl sites for hydroxylation is 1. The summed E-state index contributed by atoms with van der Waals surface area (Å²) in [5.74, 6) is 0.328. The van der Waals surface area contributed by atoms with Crippen molar-refractivity contribution >= 4 is 11.6 Å². The summed E-state index contributed by atoms with van der Waals surface area (Å²) in [6.45, 7) is 2.05. The maximum absolute atomic E-state index is 11.2. The van der Waals surface area contributed by atoms with Crippen molar-refractivity contribution in [1.82, 2.24) is 14.6 Å². The molecule has 0 unspecified atom stereocenters. The highest BCUT2D eigenvalue weighted by Crippen LogP contribution is 2.12. The quantitative estimate of drug-likeness (QED) is 0.784. The Balaban J connectivity index is 2.00. The zero-order chi connectivity index (χ0) is 14.1. The van der Waals surface area contributed by atoms with Crippen LogP contribution in [0.3, 0.4) is 0 Å². The molecular weight excluding hydrogens is 252 g/mol. The fraction of sp³-hybridized carbons (Fsp3) is 0.133. The Hall–Kier alpha value is -2.69. The fourth-order valence-electron chi connectivity index (χ4n) is 2.09. The van der Waals surface area contributed by atoms with E-state index in [0.29, 0.717) is 17.6 Å². The number of nitrogens with zero attached hydrogens (tertiary/aromatic N) is 3. The minimum Gasteiger partial charge on any atom is -0.366 e. The molecule has 3 rings (SSSR count). The molecule has 0 aliphatic rings. The van der Waals surface area contributed by atoms with Crippen LogP contribution in [0.15, 0.2) is 42.6 Å². The molecule has 20 heavy (non-hydrogen) atoms. The lowest BCUT2D eigenvalue weighted by molar-refractivity contribution is 0.1000. The predicted molar refractivity (Wildman–Crippen MR) is 75.5 cm³/mol. The Morgan fingerprint density at radius 1 is 1.15 bits per heavy atom. The standard InChI is InChI=1S/C15H14N4O/c1-10-2-4-11(5-3-10)8-14-18-17-13-7-6-12(15(16)20)9-19(13)14/h2-7,9H,8H2,1H3,(H2,16,20). The van der Waals surface area contributed by atoms with Crippen molar-refractivity contribution < 1.29 is 4.79 Å². The average molecular weight is 266 g/mol. The lowest BCUT2D eigenvalue weighted by Gasteiger charge is -2.02. The molecule has 5 heteroatoms. The van der Waals surface area contributed by atoms with Gasteiger partial charge in [0.2, 0.25) is 5.91 Å². The third kappa shape index (κ3) is 2.25. The third-order valence-corrected chi connectivity index (χ3v) is 3.24. The van der Waals surface area contributed by atoms with Gasteiger partial charge in [-0.05, 0) is 24.6 Å². The van der Waals surface area contributed by atoms with Crippen molar-refractivity contribution in [3.05, 3.63) is 65.1 Å². The van der Waals surface area contributed by atoms with Crippen LogP contribution in [0.1, 0.15) is 27.3 Å². The number of carbonyl (C=O) groups excluding carboxylic acids is 1. The highest BCUT2D eigenvalue weighted by atomic mass is 16.1. The summed E-state index contributed by atoms with van der Waals surface area (Å²) >= 11 is 0. The van der Waals surface area contributed by atoms with Gasteiger partial charge in [-0.15, -0.1) is 10.2 Å². The van der Waals surface area contributed by atoms with Gasteiger partial charge >= 0.3 is 0 Å². The van der Waals surface area contributed by atoms with Crippen LogP contribution in [0, 0.1) is 6.92 Å². The van der Waals surface area contributed by atoms with Gasteiger partial charge in [0, 0.05) is 12.6 Å². The molecule has 0 spiro atoms. The number of benzene rings is 1. The van der Waals surface area contributed by atoms with Crippen LogP contribution >= 0.6 is 0 Å². The number of pyridine rings is 1. The number of aromatic nitrogens is 3. The van der Waals surface area contributed by atoms with Crippen molar-refractivity contribution in [3.8, 4) is 0 Å². The summed E-state index contributed by atoms with van der Waals surface area (Å²) in [5, 5.41) is 8.27. The van der Waals surface area contributed by atoms with Gasteiger partial charge in [0.25, 0.3) is 0 Å². The van der Waals surface area contributed by atoms with Gasteiger partial charge < -0.3 is 5.73 Å². The Labute approximate surface area is 116 Å². The molecule has 0 aliphatic heterocycles. The van der Waals surface area contributed by atoms with Gasteiger partial charge in [0.15, 0.2) is 5.65 Å². The molecule has 0 atom stereocenters. The Morgan fingerprint density at radius 2 is 1.90 bits per heavy atom. The van der Waals surface area contributed by atoms with Crippen molar-refractivity contribution in [2.75, 3.05) is 0 Å². The molecule has 0 radical (unpaired) electrons. The van der Waals surface area contributed by atoms with E-state index in [1.54, 1.807) is 22.7 Å². The smallest absolute Gasteiger partial charge is 0.250 e. The molecule has 0 saturated carbocycles. The average Bonchev–Trinajstić information content (AvgIpc) is 2.84. The van der Waals surface area contributed by atoms with Crippen molar-refractivity contribution in [2.45, 2.75) is 13.3 Å². The number of carbonyl (C=O) groups is 1. The highest BCUT2D eigenvalue weighted by Gasteiger charge is 2.09. The number of rotatable bonds is 3. The predicted octanol–water partition coefficient (Wildman–Crippen LogP) is 1.73. The van der Waals surface area contributed by atoms with E-state index >= 15 is 0 Å². The van der Waals surface area contributed by atoms with Crippen LogP contribution in [0.25, 0.3) is 5.65 Å². The van der Waals surface area contributed by atoms with Gasteiger partial charge in [-0.3, -0.25) is 9.20 Å². The van der Waals surface area contributed by atoms with Crippen LogP contribution in [0.2, 0.25) is 0 Å². The number of amides is 1. The second kappa shape index (κ2) is 4.77. The number of nitrogens with two attached hydrogens (primary N) is 1. The minimum atomic E-state index is -0.457. The van der Waals surface area contributed by atoms with E-state index in [0.717, 1.165) is 11.4 Å². The molecule has 2 N–H and O–H groups in total. The first-order chi connectivity index (χ1) is 9.63. The Morgan fingerprint density at radius 3 is 2.60 bits per heavy atom. The van der Waals surface area contributed by atoms with E-state index in [1.165, 1.54) is 5.56 Å². The van der Waals surface area contributed by atoms with E-state index in [1.807, 2.05) is 0 Å². The summed E-state index contributed by atoms with van der Waals surface area (Å²) in [6.07, 6.45) is 2.34. The minimum absolute atomic E-state index is 0.447. The second-order valence-corrected chi connectivity index (χ2v) is 4.79. The molecule has 0 fully saturated rings. The second-order valence-electron chi connectivity index (χ2n) is 4.79. The maximum Gasteiger partial charge on any atom is 0.250 e. The van der Waals surface area contributed by atoms with Crippen molar-refractivity contribution in [2.24, 2.45) is 5.73 Å². The fourth-order valence-corrected chi connectivity index (χ4v) is 2.09. The van der Waals surface area contributed by atoms with E-state index < -0.39 is 5.91 Å². The summed E-state index contributed by atoms with van der Waals surface area (Å²) in [6, 6.07) is 11.7. The monoisotopic (exact) mass is 266 g/mol. The summed E-state index contributed by atoms with van der Waals surface area (Å²) < 4.78 is 1.81. The first-order valence-electron chi connectivity index (χ1n) is 6.32. The Kier molecular flexibility index (Phi) is 2.95. The summed E-state index contributed by atoms with van der Waals surface area (Å²) in [7, 11) is 0. The normalized spacial score (nSPS) is 10.8. The van der Waals surface area contributed by atoms with Crippen LogP contribution in [-0.2, 0) is 6.42 Å². The molecule has 5 nitrogen and oxygen atoms in total. The third-order valence-electron chi connectivity index (χ3n) is 3.24. The topological polar surface area (TPSA) is 73.3 Å². The van der Waals surface area contributed by atoms with Gasteiger partial charge in [-0.25, -0.2) is 0 Å². The van der Waals surface area contributed by atoms with E-state index in [2.05, 4.69) is 41.4 Å². The number of primary amides is 1. The Bertz CT molecular complexity index is 774.